The van der Waals surface area contributed by atoms with E-state index >= 15 is 0 Å². The lowest BCUT2D eigenvalue weighted by atomic mass is 10.2. The Labute approximate surface area is 91.4 Å². The molecule has 0 unspecified atom stereocenters. The molecule has 0 aromatic heterocycles. The molecule has 15 heavy (non-hydrogen) atoms. The van der Waals surface area contributed by atoms with Crippen LogP contribution >= 0.6 is 15.9 Å². The summed E-state index contributed by atoms with van der Waals surface area (Å²) in [4.78, 5) is 0. The van der Waals surface area contributed by atoms with E-state index in [2.05, 4.69) is 20.7 Å². The average molecular weight is 281 g/mol. The fourth-order valence-electron chi connectivity index (χ4n) is 0.889. The molecule has 0 bridgehead atoms. The number of anilines is 1. The molecule has 1 aromatic rings. The van der Waals surface area contributed by atoms with Gasteiger partial charge in [-0.1, -0.05) is 0 Å². The van der Waals surface area contributed by atoms with E-state index in [9.17, 15) is 13.2 Å². The van der Waals surface area contributed by atoms with Crippen LogP contribution < -0.4 is 10.5 Å². The molecule has 0 amide bonds. The molecule has 3 nitrogen and oxygen atoms in total. The molecule has 0 saturated heterocycles. The summed E-state index contributed by atoms with van der Waals surface area (Å²) < 4.78 is 39.8. The molecule has 7 heteroatoms. The van der Waals surface area contributed by atoms with Crippen molar-refractivity contribution in [3.8, 4) is 11.8 Å². The predicted molar refractivity (Wildman–Crippen MR) is 50.0 cm³/mol. The Morgan fingerprint density at radius 2 is 2.00 bits per heavy atom. The molecular formula is C8H4BrF3N2O. The number of nitrogens with two attached hydrogens (primary N) is 1. The third-order valence-corrected chi connectivity index (χ3v) is 2.17. The van der Waals surface area contributed by atoms with Crippen LogP contribution in [0.15, 0.2) is 16.6 Å². The Bertz CT molecular complexity index is 425. The highest BCUT2D eigenvalue weighted by atomic mass is 79.9. The van der Waals surface area contributed by atoms with E-state index in [-0.39, 0.29) is 15.7 Å². The van der Waals surface area contributed by atoms with Crippen molar-refractivity contribution in [1.29, 1.82) is 5.26 Å². The number of hydrogen-bond acceptors (Lipinski definition) is 3. The molecule has 1 aromatic carbocycles. The van der Waals surface area contributed by atoms with Gasteiger partial charge in [-0.25, -0.2) is 0 Å². The molecular weight excluding hydrogens is 277 g/mol. The lowest BCUT2D eigenvalue weighted by Crippen LogP contribution is -2.19. The first-order valence-corrected chi connectivity index (χ1v) is 4.38. The Kier molecular flexibility index (Phi) is 3.09. The molecule has 0 aliphatic rings. The van der Waals surface area contributed by atoms with E-state index in [0.717, 1.165) is 0 Å². The van der Waals surface area contributed by atoms with E-state index < -0.39 is 12.1 Å². The van der Waals surface area contributed by atoms with Crippen molar-refractivity contribution in [2.24, 2.45) is 0 Å². The number of alkyl halides is 3. The van der Waals surface area contributed by atoms with E-state index in [1.165, 1.54) is 12.1 Å². The van der Waals surface area contributed by atoms with Crippen molar-refractivity contribution in [1.82, 2.24) is 0 Å². The first-order valence-electron chi connectivity index (χ1n) is 3.59. The summed E-state index contributed by atoms with van der Waals surface area (Å²) in [6, 6.07) is 4.11. The summed E-state index contributed by atoms with van der Waals surface area (Å²) in [7, 11) is 0. The van der Waals surface area contributed by atoms with Crippen LogP contribution in [0.5, 0.6) is 5.75 Å². The van der Waals surface area contributed by atoms with Crippen molar-refractivity contribution in [2.45, 2.75) is 6.36 Å². The van der Waals surface area contributed by atoms with Crippen LogP contribution in [0.3, 0.4) is 0 Å². The second-order valence-electron chi connectivity index (χ2n) is 2.50. The zero-order chi connectivity index (χ0) is 11.6. The summed E-state index contributed by atoms with van der Waals surface area (Å²) in [6.45, 7) is 0. The van der Waals surface area contributed by atoms with Gasteiger partial charge in [-0.2, -0.15) is 5.26 Å². The van der Waals surface area contributed by atoms with Crippen molar-refractivity contribution >= 4 is 21.6 Å². The molecule has 2 N–H and O–H groups in total. The molecule has 0 saturated carbocycles. The smallest absolute Gasteiger partial charge is 0.402 e. The molecule has 80 valence electrons. The average Bonchev–Trinajstić information content (AvgIpc) is 2.11. The van der Waals surface area contributed by atoms with Crippen molar-refractivity contribution in [2.75, 3.05) is 5.73 Å². The van der Waals surface area contributed by atoms with Gasteiger partial charge >= 0.3 is 6.36 Å². The Morgan fingerprint density at radius 1 is 1.40 bits per heavy atom. The van der Waals surface area contributed by atoms with E-state index in [0.29, 0.717) is 0 Å². The molecule has 0 aliphatic carbocycles. The van der Waals surface area contributed by atoms with E-state index in [1.54, 1.807) is 6.07 Å². The summed E-state index contributed by atoms with van der Waals surface area (Å²) in [5.41, 5.74) is 4.81. The Hall–Kier alpha value is -1.42. The fraction of sp³-hybridized carbons (Fsp3) is 0.125. The molecule has 1 rings (SSSR count). The number of hydrogen-bond donors (Lipinski definition) is 1. The monoisotopic (exact) mass is 280 g/mol. The second kappa shape index (κ2) is 3.98. The standard InChI is InChI=1S/C8H4BrF3N2O/c9-5-2-1-4(3-13)7(6(5)14)15-8(10,11)12/h1-2H,14H2. The summed E-state index contributed by atoms with van der Waals surface area (Å²) in [5.74, 6) is -0.681. The van der Waals surface area contributed by atoms with Gasteiger partial charge in [-0.05, 0) is 28.1 Å². The van der Waals surface area contributed by atoms with E-state index in [1.807, 2.05) is 0 Å². The maximum atomic E-state index is 12.0. The zero-order valence-corrected chi connectivity index (χ0v) is 8.69. The van der Waals surface area contributed by atoms with Crippen LogP contribution in [0, 0.1) is 11.3 Å². The van der Waals surface area contributed by atoms with Crippen LogP contribution in [-0.2, 0) is 0 Å². The summed E-state index contributed by atoms with van der Waals surface area (Å²) >= 11 is 2.94. The highest BCUT2D eigenvalue weighted by Crippen LogP contribution is 2.36. The van der Waals surface area contributed by atoms with Gasteiger partial charge < -0.3 is 10.5 Å². The first kappa shape index (κ1) is 11.7. The Balaban J connectivity index is 3.26. The Morgan fingerprint density at radius 3 is 2.47 bits per heavy atom. The van der Waals surface area contributed by atoms with Gasteiger partial charge in [-0.15, -0.1) is 13.2 Å². The van der Waals surface area contributed by atoms with Crippen molar-refractivity contribution in [3.05, 3.63) is 22.2 Å². The van der Waals surface area contributed by atoms with Crippen molar-refractivity contribution < 1.29 is 17.9 Å². The lowest BCUT2D eigenvalue weighted by Gasteiger charge is -2.13. The molecule has 0 aliphatic heterocycles. The molecule has 0 fully saturated rings. The topological polar surface area (TPSA) is 59.0 Å². The maximum absolute atomic E-state index is 12.0. The molecule has 0 radical (unpaired) electrons. The normalized spacial score (nSPS) is 10.9. The third kappa shape index (κ3) is 2.76. The maximum Gasteiger partial charge on any atom is 0.573 e. The lowest BCUT2D eigenvalue weighted by molar-refractivity contribution is -0.274. The number of nitrogen functional groups attached to an aromatic ring is 1. The third-order valence-electron chi connectivity index (χ3n) is 1.48. The van der Waals surface area contributed by atoms with E-state index in [4.69, 9.17) is 11.0 Å². The van der Waals surface area contributed by atoms with Gasteiger partial charge in [0.2, 0.25) is 0 Å². The van der Waals surface area contributed by atoms with Gasteiger partial charge in [0.15, 0.2) is 5.75 Å². The number of nitriles is 1. The van der Waals surface area contributed by atoms with Gasteiger partial charge in [0.05, 0.1) is 11.3 Å². The minimum Gasteiger partial charge on any atom is -0.402 e. The van der Waals surface area contributed by atoms with Crippen LogP contribution in [0.1, 0.15) is 5.56 Å². The number of benzene rings is 1. The molecule has 0 atom stereocenters. The van der Waals surface area contributed by atoms with Gasteiger partial charge in [-0.3, -0.25) is 0 Å². The highest BCUT2D eigenvalue weighted by molar-refractivity contribution is 9.10. The number of ether oxygens (including phenoxy) is 1. The number of nitrogens with zero attached hydrogens (tertiary/aromatic N) is 1. The largest absolute Gasteiger partial charge is 0.573 e. The van der Waals surface area contributed by atoms with Crippen LogP contribution in [0.25, 0.3) is 0 Å². The fourth-order valence-corrected chi connectivity index (χ4v) is 1.20. The predicted octanol–water partition coefficient (Wildman–Crippen LogP) is 2.80. The van der Waals surface area contributed by atoms with Gasteiger partial charge in [0, 0.05) is 4.47 Å². The van der Waals surface area contributed by atoms with Crippen molar-refractivity contribution in [3.63, 3.8) is 0 Å². The highest BCUT2D eigenvalue weighted by Gasteiger charge is 2.33. The summed E-state index contributed by atoms with van der Waals surface area (Å²) in [6.07, 6.45) is -4.87. The first-order chi connectivity index (χ1) is 6.85. The zero-order valence-electron chi connectivity index (χ0n) is 7.10. The minimum absolute atomic E-state index is 0.237. The van der Waals surface area contributed by atoms with Crippen LogP contribution in [0.4, 0.5) is 18.9 Å². The number of rotatable bonds is 1. The minimum atomic E-state index is -4.87. The number of halogens is 4. The van der Waals surface area contributed by atoms with Crippen LogP contribution in [0.2, 0.25) is 0 Å². The SMILES string of the molecule is N#Cc1ccc(Br)c(N)c1OC(F)(F)F. The summed E-state index contributed by atoms with van der Waals surface area (Å²) in [5, 5.41) is 8.56. The molecule has 0 heterocycles. The van der Waals surface area contributed by atoms with Gasteiger partial charge in [0.1, 0.15) is 6.07 Å². The van der Waals surface area contributed by atoms with Gasteiger partial charge in [0.25, 0.3) is 0 Å². The second-order valence-corrected chi connectivity index (χ2v) is 3.35. The molecule has 0 spiro atoms. The quantitative estimate of drug-likeness (QED) is 0.805. The van der Waals surface area contributed by atoms with Crippen LogP contribution in [-0.4, -0.2) is 6.36 Å².